The molecular formula is C23H36N6O4. The van der Waals surface area contributed by atoms with Crippen molar-refractivity contribution in [2.45, 2.75) is 63.1 Å². The van der Waals surface area contributed by atoms with Crippen LogP contribution < -0.4 is 27.8 Å². The standard InChI is InChI=1S/C23H36N6O4/c24-11-5-3-8-17(26)21(30)29-20(13-15-14-27-18-9-2-1-7-16(15)18)22(31)28-19(23(32)33)10-4-6-12-25/h1-2,7,9,14,17,19-20,27H,3-6,8,10-13,24-26H2,(H,28,31)(H,29,30)(H,32,33)/t17-,19-,20-/m0/s1. The van der Waals surface area contributed by atoms with Gasteiger partial charge in [-0.3, -0.25) is 9.59 Å². The maximum atomic E-state index is 13.1. The fourth-order valence-corrected chi connectivity index (χ4v) is 3.67. The summed E-state index contributed by atoms with van der Waals surface area (Å²) in [5.41, 5.74) is 18.7. The number of carboxylic acid groups (broad SMARTS) is 1. The summed E-state index contributed by atoms with van der Waals surface area (Å²) >= 11 is 0. The highest BCUT2D eigenvalue weighted by molar-refractivity contribution is 5.92. The average Bonchev–Trinajstić information content (AvgIpc) is 3.20. The number of aromatic amines is 1. The molecule has 0 radical (unpaired) electrons. The molecular weight excluding hydrogens is 424 g/mol. The van der Waals surface area contributed by atoms with Crippen molar-refractivity contribution in [1.29, 1.82) is 0 Å². The summed E-state index contributed by atoms with van der Waals surface area (Å²) in [6.07, 6.45) is 5.36. The molecule has 1 heterocycles. The Bertz CT molecular complexity index is 915. The quantitative estimate of drug-likeness (QED) is 0.187. The minimum atomic E-state index is -1.13. The fraction of sp³-hybridized carbons (Fsp3) is 0.522. The first-order valence-corrected chi connectivity index (χ1v) is 11.4. The Morgan fingerprint density at radius 3 is 2.21 bits per heavy atom. The van der Waals surface area contributed by atoms with Crippen LogP contribution in [0, 0.1) is 0 Å². The van der Waals surface area contributed by atoms with Crippen LogP contribution in [0.1, 0.15) is 44.1 Å². The van der Waals surface area contributed by atoms with Gasteiger partial charge in [-0.1, -0.05) is 24.6 Å². The molecule has 10 nitrogen and oxygen atoms in total. The summed E-state index contributed by atoms with van der Waals surface area (Å²) in [6, 6.07) is 4.79. The van der Waals surface area contributed by atoms with Crippen molar-refractivity contribution in [3.8, 4) is 0 Å². The summed E-state index contributed by atoms with van der Waals surface area (Å²) in [4.78, 5) is 40.6. The highest BCUT2D eigenvalue weighted by atomic mass is 16.4. The van der Waals surface area contributed by atoms with E-state index >= 15 is 0 Å². The number of nitrogens with one attached hydrogen (secondary N) is 3. The Hall–Kier alpha value is -2.95. The monoisotopic (exact) mass is 460 g/mol. The number of carboxylic acids is 1. The van der Waals surface area contributed by atoms with Crippen molar-refractivity contribution < 1.29 is 19.5 Å². The fourth-order valence-electron chi connectivity index (χ4n) is 3.67. The molecule has 1 aromatic heterocycles. The van der Waals surface area contributed by atoms with Crippen LogP contribution in [0.3, 0.4) is 0 Å². The second kappa shape index (κ2) is 13.6. The molecule has 33 heavy (non-hydrogen) atoms. The molecule has 0 aliphatic rings. The van der Waals surface area contributed by atoms with Gasteiger partial charge in [0.1, 0.15) is 12.1 Å². The van der Waals surface area contributed by atoms with Gasteiger partial charge in [-0.15, -0.1) is 0 Å². The van der Waals surface area contributed by atoms with E-state index in [-0.39, 0.29) is 12.8 Å². The highest BCUT2D eigenvalue weighted by Gasteiger charge is 2.28. The number of rotatable bonds is 15. The van der Waals surface area contributed by atoms with Crippen LogP contribution in [0.2, 0.25) is 0 Å². The molecule has 10 N–H and O–H groups in total. The van der Waals surface area contributed by atoms with E-state index < -0.39 is 35.9 Å². The normalized spacial score (nSPS) is 13.9. The van der Waals surface area contributed by atoms with Gasteiger partial charge in [-0.25, -0.2) is 4.79 Å². The van der Waals surface area contributed by atoms with Crippen LogP contribution in [0.4, 0.5) is 0 Å². The van der Waals surface area contributed by atoms with Crippen molar-refractivity contribution >= 4 is 28.7 Å². The zero-order valence-electron chi connectivity index (χ0n) is 18.9. The van der Waals surface area contributed by atoms with E-state index in [0.29, 0.717) is 38.8 Å². The van der Waals surface area contributed by atoms with Crippen molar-refractivity contribution in [3.05, 3.63) is 36.0 Å². The van der Waals surface area contributed by atoms with Crippen molar-refractivity contribution in [3.63, 3.8) is 0 Å². The molecule has 0 spiro atoms. The first-order chi connectivity index (χ1) is 15.9. The first kappa shape index (κ1) is 26.3. The SMILES string of the molecule is NCCCC[C@H](NC(=O)[C@H](Cc1c[nH]c2ccccc12)NC(=O)[C@@H](N)CCCCN)C(=O)O. The second-order valence-electron chi connectivity index (χ2n) is 8.20. The lowest BCUT2D eigenvalue weighted by Gasteiger charge is -2.23. The molecule has 0 aliphatic heterocycles. The lowest BCUT2D eigenvalue weighted by Crippen LogP contribution is -2.55. The zero-order chi connectivity index (χ0) is 24.2. The Kier molecular flexibility index (Phi) is 10.8. The predicted molar refractivity (Wildman–Crippen MR) is 127 cm³/mol. The van der Waals surface area contributed by atoms with E-state index in [1.165, 1.54) is 0 Å². The van der Waals surface area contributed by atoms with Crippen molar-refractivity contribution in [1.82, 2.24) is 15.6 Å². The van der Waals surface area contributed by atoms with E-state index in [2.05, 4.69) is 15.6 Å². The second-order valence-corrected chi connectivity index (χ2v) is 8.20. The van der Waals surface area contributed by atoms with Gasteiger partial charge in [0, 0.05) is 23.5 Å². The average molecular weight is 461 g/mol. The zero-order valence-corrected chi connectivity index (χ0v) is 18.9. The lowest BCUT2D eigenvalue weighted by atomic mass is 10.0. The van der Waals surface area contributed by atoms with E-state index in [0.717, 1.165) is 22.9 Å². The number of nitrogens with two attached hydrogens (primary N) is 3. The van der Waals surface area contributed by atoms with Crippen LogP contribution in [0.25, 0.3) is 10.9 Å². The Balaban J connectivity index is 2.17. The molecule has 2 amide bonds. The Morgan fingerprint density at radius 1 is 0.909 bits per heavy atom. The van der Waals surface area contributed by atoms with Crippen LogP contribution in [0.15, 0.2) is 30.5 Å². The lowest BCUT2D eigenvalue weighted by molar-refractivity contribution is -0.142. The van der Waals surface area contributed by atoms with Gasteiger partial charge in [-0.05, 0) is 56.8 Å². The van der Waals surface area contributed by atoms with Gasteiger partial charge >= 0.3 is 5.97 Å². The predicted octanol–water partition coefficient (Wildman–Crippen LogP) is 0.350. The van der Waals surface area contributed by atoms with E-state index in [1.54, 1.807) is 6.20 Å². The number of H-pyrrole nitrogens is 1. The molecule has 1 aromatic carbocycles. The number of fused-ring (bicyclic) bond motifs is 1. The minimum absolute atomic E-state index is 0.187. The van der Waals surface area contributed by atoms with Gasteiger partial charge < -0.3 is 37.9 Å². The number of para-hydroxylation sites is 1. The van der Waals surface area contributed by atoms with Gasteiger partial charge in [-0.2, -0.15) is 0 Å². The highest BCUT2D eigenvalue weighted by Crippen LogP contribution is 2.19. The Labute approximate surface area is 193 Å². The number of benzene rings is 1. The van der Waals surface area contributed by atoms with Crippen LogP contribution in [0.5, 0.6) is 0 Å². The molecule has 10 heteroatoms. The molecule has 3 atom stereocenters. The van der Waals surface area contributed by atoms with Crippen molar-refractivity contribution in [2.75, 3.05) is 13.1 Å². The Morgan fingerprint density at radius 2 is 1.55 bits per heavy atom. The number of carbonyl (C=O) groups excluding carboxylic acids is 2. The minimum Gasteiger partial charge on any atom is -0.480 e. The number of hydrogen-bond donors (Lipinski definition) is 7. The molecule has 0 saturated carbocycles. The van der Waals surface area contributed by atoms with E-state index in [9.17, 15) is 19.5 Å². The molecule has 0 fully saturated rings. The third kappa shape index (κ3) is 8.16. The summed E-state index contributed by atoms with van der Waals surface area (Å²) in [5, 5.41) is 15.7. The number of aromatic nitrogens is 1. The smallest absolute Gasteiger partial charge is 0.326 e. The molecule has 0 aliphatic carbocycles. The van der Waals surface area contributed by atoms with Crippen molar-refractivity contribution in [2.24, 2.45) is 17.2 Å². The third-order valence-corrected chi connectivity index (χ3v) is 5.60. The number of carbonyl (C=O) groups is 3. The molecule has 0 saturated heterocycles. The molecule has 0 unspecified atom stereocenters. The van der Waals surface area contributed by atoms with Gasteiger partial charge in [0.2, 0.25) is 11.8 Å². The van der Waals surface area contributed by atoms with E-state index in [4.69, 9.17) is 17.2 Å². The third-order valence-electron chi connectivity index (χ3n) is 5.60. The van der Waals surface area contributed by atoms with Crippen LogP contribution in [-0.2, 0) is 20.8 Å². The number of amides is 2. The molecule has 182 valence electrons. The summed E-state index contributed by atoms with van der Waals surface area (Å²) in [6.45, 7) is 0.961. The van der Waals surface area contributed by atoms with Gasteiger partial charge in [0.15, 0.2) is 0 Å². The molecule has 2 aromatic rings. The topological polar surface area (TPSA) is 189 Å². The number of unbranched alkanes of at least 4 members (excludes halogenated alkanes) is 2. The molecule has 2 rings (SSSR count). The summed E-state index contributed by atoms with van der Waals surface area (Å²) in [7, 11) is 0. The summed E-state index contributed by atoms with van der Waals surface area (Å²) < 4.78 is 0. The van der Waals surface area contributed by atoms with Crippen LogP contribution in [-0.4, -0.2) is 59.1 Å². The maximum absolute atomic E-state index is 13.1. The van der Waals surface area contributed by atoms with Gasteiger partial charge in [0.25, 0.3) is 0 Å². The first-order valence-electron chi connectivity index (χ1n) is 11.4. The van der Waals surface area contributed by atoms with E-state index in [1.807, 2.05) is 24.3 Å². The summed E-state index contributed by atoms with van der Waals surface area (Å²) in [5.74, 6) is -2.15. The van der Waals surface area contributed by atoms with Gasteiger partial charge in [0.05, 0.1) is 6.04 Å². The van der Waals surface area contributed by atoms with Crippen LogP contribution >= 0.6 is 0 Å². The number of hydrogen-bond acceptors (Lipinski definition) is 6. The number of aliphatic carboxylic acids is 1. The largest absolute Gasteiger partial charge is 0.480 e. The molecule has 0 bridgehead atoms. The maximum Gasteiger partial charge on any atom is 0.326 e.